The van der Waals surface area contributed by atoms with Crippen LogP contribution in [0.2, 0.25) is 0 Å². The van der Waals surface area contributed by atoms with Crippen LogP contribution in [0.25, 0.3) is 0 Å². The lowest BCUT2D eigenvalue weighted by molar-refractivity contribution is -0.118. The Labute approximate surface area is 177 Å². The molecule has 1 fully saturated rings. The molecular formula is C24H28N4O2. The predicted octanol–water partition coefficient (Wildman–Crippen LogP) is 3.73. The van der Waals surface area contributed by atoms with Crippen LogP contribution in [0.15, 0.2) is 53.7 Å². The Morgan fingerprint density at radius 2 is 1.70 bits per heavy atom. The van der Waals surface area contributed by atoms with Gasteiger partial charge in [0.15, 0.2) is 0 Å². The van der Waals surface area contributed by atoms with Gasteiger partial charge in [-0.05, 0) is 64.3 Å². The molecular weight excluding hydrogens is 376 g/mol. The molecule has 0 spiro atoms. The molecule has 0 saturated carbocycles. The lowest BCUT2D eigenvalue weighted by Crippen LogP contribution is -2.58. The summed E-state index contributed by atoms with van der Waals surface area (Å²) in [5.74, 6) is -0.928. The number of rotatable bonds is 3. The summed E-state index contributed by atoms with van der Waals surface area (Å²) in [6.45, 7) is 8.72. The van der Waals surface area contributed by atoms with Gasteiger partial charge in [0.1, 0.15) is 5.82 Å². The molecule has 2 aliphatic heterocycles. The van der Waals surface area contributed by atoms with E-state index in [9.17, 15) is 9.59 Å². The Morgan fingerprint density at radius 1 is 1.03 bits per heavy atom. The second-order valence-electron chi connectivity index (χ2n) is 9.48. The summed E-state index contributed by atoms with van der Waals surface area (Å²) < 4.78 is 0. The van der Waals surface area contributed by atoms with Crippen molar-refractivity contribution in [3.8, 4) is 0 Å². The van der Waals surface area contributed by atoms with E-state index >= 15 is 0 Å². The van der Waals surface area contributed by atoms with Crippen molar-refractivity contribution in [2.45, 2.75) is 63.6 Å². The fourth-order valence-corrected chi connectivity index (χ4v) is 4.88. The van der Waals surface area contributed by atoms with E-state index in [2.05, 4.69) is 38.0 Å². The van der Waals surface area contributed by atoms with Crippen LogP contribution >= 0.6 is 0 Å². The average Bonchev–Trinajstić information content (AvgIpc) is 2.66. The Hall–Kier alpha value is -2.86. The molecule has 0 radical (unpaired) electrons. The zero-order chi connectivity index (χ0) is 21.5. The summed E-state index contributed by atoms with van der Waals surface area (Å²) in [5, 5.41) is 3.66. The number of hydrogen-bond acceptors (Lipinski definition) is 5. The minimum atomic E-state index is -0.609. The fraction of sp³-hybridized carbons (Fsp3) is 0.417. The smallest absolute Gasteiger partial charge is 0.266 e. The monoisotopic (exact) mass is 404 g/mol. The molecule has 0 bridgehead atoms. The quantitative estimate of drug-likeness (QED) is 0.625. The SMILES string of the molecule is CC1(C)CC(N=CC2C(=O)N(c3ccccn3)C(=O)c3ccccc32)CC(C)(C)N1. The Balaban J connectivity index is 1.70. The number of fused-ring (bicyclic) bond motifs is 1. The fourth-order valence-electron chi connectivity index (χ4n) is 4.88. The number of hydrogen-bond donors (Lipinski definition) is 1. The Bertz CT molecular complexity index is 981. The summed E-state index contributed by atoms with van der Waals surface area (Å²) in [4.78, 5) is 36.7. The van der Waals surface area contributed by atoms with Crippen molar-refractivity contribution < 1.29 is 9.59 Å². The minimum absolute atomic E-state index is 0.0335. The number of aliphatic imine (C=N–C) groups is 1. The van der Waals surface area contributed by atoms with Gasteiger partial charge in [0, 0.05) is 29.1 Å². The lowest BCUT2D eigenvalue weighted by Gasteiger charge is -2.45. The Kier molecular flexibility index (Phi) is 5.06. The van der Waals surface area contributed by atoms with Gasteiger partial charge < -0.3 is 5.32 Å². The molecule has 2 amide bonds. The van der Waals surface area contributed by atoms with Crippen molar-refractivity contribution >= 4 is 23.8 Å². The molecule has 2 aromatic rings. The molecule has 6 nitrogen and oxygen atoms in total. The predicted molar refractivity (Wildman–Crippen MR) is 118 cm³/mol. The van der Waals surface area contributed by atoms with Crippen molar-refractivity contribution in [2.75, 3.05) is 4.90 Å². The topological polar surface area (TPSA) is 74.7 Å². The second-order valence-corrected chi connectivity index (χ2v) is 9.48. The van der Waals surface area contributed by atoms with Crippen LogP contribution in [0.4, 0.5) is 5.82 Å². The third-order valence-electron chi connectivity index (χ3n) is 5.71. The molecule has 156 valence electrons. The number of benzene rings is 1. The summed E-state index contributed by atoms with van der Waals surface area (Å²) >= 11 is 0. The maximum atomic E-state index is 13.4. The number of pyridine rings is 1. The van der Waals surface area contributed by atoms with Crippen LogP contribution in [0.1, 0.15) is 62.4 Å². The number of nitrogens with zero attached hydrogens (tertiary/aromatic N) is 3. The molecule has 1 N–H and O–H groups in total. The molecule has 4 rings (SSSR count). The standard InChI is InChI=1S/C24H28N4O2/c1-23(2)13-16(14-24(3,4)27-23)26-15-19-17-9-5-6-10-18(17)21(29)28(22(19)30)20-11-7-8-12-25-20/h5-12,15-16,19,27H,13-14H2,1-4H3. The highest BCUT2D eigenvalue weighted by Crippen LogP contribution is 2.33. The number of imide groups is 1. The first-order valence-electron chi connectivity index (χ1n) is 10.4. The van der Waals surface area contributed by atoms with Crippen LogP contribution in [-0.4, -0.2) is 40.1 Å². The summed E-state index contributed by atoms with van der Waals surface area (Å²) in [6, 6.07) is 12.6. The summed E-state index contributed by atoms with van der Waals surface area (Å²) in [7, 11) is 0. The number of aromatic nitrogens is 1. The van der Waals surface area contributed by atoms with E-state index in [4.69, 9.17) is 4.99 Å². The van der Waals surface area contributed by atoms with E-state index in [1.54, 1.807) is 36.7 Å². The van der Waals surface area contributed by atoms with Crippen LogP contribution < -0.4 is 10.2 Å². The van der Waals surface area contributed by atoms with Crippen molar-refractivity contribution in [3.63, 3.8) is 0 Å². The van der Waals surface area contributed by atoms with Gasteiger partial charge >= 0.3 is 0 Å². The highest BCUT2D eigenvalue weighted by atomic mass is 16.2. The van der Waals surface area contributed by atoms with E-state index in [-0.39, 0.29) is 28.9 Å². The zero-order valence-electron chi connectivity index (χ0n) is 17.9. The number of nitrogens with one attached hydrogen (secondary N) is 1. The number of piperidine rings is 1. The third-order valence-corrected chi connectivity index (χ3v) is 5.71. The maximum absolute atomic E-state index is 13.4. The minimum Gasteiger partial charge on any atom is -0.307 e. The number of amides is 2. The van der Waals surface area contributed by atoms with E-state index in [1.165, 1.54) is 4.90 Å². The molecule has 6 heteroatoms. The molecule has 2 aliphatic rings. The van der Waals surface area contributed by atoms with Crippen LogP contribution in [-0.2, 0) is 4.79 Å². The van der Waals surface area contributed by atoms with E-state index < -0.39 is 5.92 Å². The highest BCUT2D eigenvalue weighted by Gasteiger charge is 2.41. The van der Waals surface area contributed by atoms with Crippen molar-refractivity contribution in [3.05, 3.63) is 59.8 Å². The molecule has 30 heavy (non-hydrogen) atoms. The zero-order valence-corrected chi connectivity index (χ0v) is 17.9. The highest BCUT2D eigenvalue weighted by molar-refractivity contribution is 6.28. The largest absolute Gasteiger partial charge is 0.307 e. The number of carbonyl (C=O) groups excluding carboxylic acids is 2. The van der Waals surface area contributed by atoms with Gasteiger partial charge in [-0.2, -0.15) is 0 Å². The van der Waals surface area contributed by atoms with Gasteiger partial charge in [0.25, 0.3) is 5.91 Å². The van der Waals surface area contributed by atoms with Gasteiger partial charge in [-0.15, -0.1) is 0 Å². The molecule has 1 saturated heterocycles. The first-order chi connectivity index (χ1) is 14.2. The molecule has 1 atom stereocenters. The van der Waals surface area contributed by atoms with Gasteiger partial charge in [-0.3, -0.25) is 14.6 Å². The van der Waals surface area contributed by atoms with E-state index in [0.29, 0.717) is 16.9 Å². The summed E-state index contributed by atoms with van der Waals surface area (Å²) in [6.07, 6.45) is 5.10. The average molecular weight is 405 g/mol. The van der Waals surface area contributed by atoms with Crippen molar-refractivity contribution in [2.24, 2.45) is 4.99 Å². The summed E-state index contributed by atoms with van der Waals surface area (Å²) in [5.41, 5.74) is 1.16. The normalized spacial score (nSPS) is 23.6. The van der Waals surface area contributed by atoms with Crippen LogP contribution in [0, 0.1) is 0 Å². The lowest BCUT2D eigenvalue weighted by atomic mass is 9.80. The second kappa shape index (κ2) is 7.43. The Morgan fingerprint density at radius 3 is 2.37 bits per heavy atom. The van der Waals surface area contributed by atoms with Crippen LogP contribution in [0.5, 0.6) is 0 Å². The van der Waals surface area contributed by atoms with Crippen molar-refractivity contribution in [1.82, 2.24) is 10.3 Å². The molecule has 0 aliphatic carbocycles. The van der Waals surface area contributed by atoms with E-state index in [0.717, 1.165) is 12.8 Å². The molecule has 1 aromatic carbocycles. The molecule has 1 unspecified atom stereocenters. The van der Waals surface area contributed by atoms with Crippen molar-refractivity contribution in [1.29, 1.82) is 0 Å². The maximum Gasteiger partial charge on any atom is 0.266 e. The van der Waals surface area contributed by atoms with Crippen LogP contribution in [0.3, 0.4) is 0 Å². The third kappa shape index (κ3) is 3.92. The first-order valence-corrected chi connectivity index (χ1v) is 10.4. The van der Waals surface area contributed by atoms with Gasteiger partial charge in [-0.1, -0.05) is 24.3 Å². The number of carbonyl (C=O) groups is 2. The molecule has 1 aromatic heterocycles. The van der Waals surface area contributed by atoms with Gasteiger partial charge in [0.05, 0.1) is 12.0 Å². The number of anilines is 1. The van der Waals surface area contributed by atoms with E-state index in [1.807, 2.05) is 18.2 Å². The van der Waals surface area contributed by atoms with Gasteiger partial charge in [-0.25, -0.2) is 9.88 Å². The first kappa shape index (κ1) is 20.4. The van der Waals surface area contributed by atoms with Gasteiger partial charge in [0.2, 0.25) is 5.91 Å². The molecule has 3 heterocycles.